The van der Waals surface area contributed by atoms with E-state index in [0.29, 0.717) is 12.2 Å². The van der Waals surface area contributed by atoms with Crippen molar-refractivity contribution in [3.05, 3.63) is 24.3 Å². The fourth-order valence-corrected chi connectivity index (χ4v) is 1.19. The van der Waals surface area contributed by atoms with Crippen molar-refractivity contribution in [2.45, 2.75) is 6.92 Å². The lowest BCUT2D eigenvalue weighted by molar-refractivity contribution is -0.119. The minimum atomic E-state index is -0.546. The summed E-state index contributed by atoms with van der Waals surface area (Å²) in [5.74, 6) is -0.632. The highest BCUT2D eigenvalue weighted by atomic mass is 19.1. The Morgan fingerprint density at radius 1 is 1.67 bits per heavy atom. The molecule has 1 heterocycles. The normalized spacial score (nSPS) is 9.80. The lowest BCUT2D eigenvalue weighted by Gasteiger charge is -2.18. The van der Waals surface area contributed by atoms with Gasteiger partial charge in [0.15, 0.2) is 0 Å². The third kappa shape index (κ3) is 3.53. The van der Waals surface area contributed by atoms with E-state index >= 15 is 0 Å². The molecule has 0 aliphatic carbocycles. The topological polar surface area (TPSA) is 45.2 Å². The van der Waals surface area contributed by atoms with Gasteiger partial charge in [-0.15, -0.1) is 0 Å². The molecule has 1 rings (SSSR count). The van der Waals surface area contributed by atoms with Gasteiger partial charge in [-0.1, -0.05) is 0 Å². The van der Waals surface area contributed by atoms with Crippen molar-refractivity contribution < 1.29 is 9.18 Å². The van der Waals surface area contributed by atoms with E-state index in [1.54, 1.807) is 18.0 Å². The molecular weight excluding hydrogens is 197 g/mol. The molecule has 15 heavy (non-hydrogen) atoms. The molecule has 0 aromatic carbocycles. The van der Waals surface area contributed by atoms with Gasteiger partial charge in [0.05, 0.1) is 6.54 Å². The molecule has 4 nitrogen and oxygen atoms in total. The zero-order valence-electron chi connectivity index (χ0n) is 8.83. The van der Waals surface area contributed by atoms with Crippen LogP contribution in [0, 0.1) is 5.95 Å². The molecule has 82 valence electrons. The van der Waals surface area contributed by atoms with Crippen molar-refractivity contribution in [3.63, 3.8) is 0 Å². The van der Waals surface area contributed by atoms with E-state index in [4.69, 9.17) is 0 Å². The maximum atomic E-state index is 12.8. The summed E-state index contributed by atoms with van der Waals surface area (Å²) < 4.78 is 12.8. The fraction of sp³-hybridized carbons (Fsp3) is 0.400. The van der Waals surface area contributed by atoms with E-state index in [0.717, 1.165) is 0 Å². The Balaban J connectivity index is 2.60. The molecule has 5 heteroatoms. The lowest BCUT2D eigenvalue weighted by Crippen LogP contribution is -2.34. The van der Waals surface area contributed by atoms with E-state index in [2.05, 4.69) is 10.3 Å². The molecule has 1 N–H and O–H groups in total. The summed E-state index contributed by atoms with van der Waals surface area (Å²) in [6.07, 6.45) is 1.37. The van der Waals surface area contributed by atoms with Crippen LogP contribution < -0.4 is 10.2 Å². The van der Waals surface area contributed by atoms with Gasteiger partial charge < -0.3 is 10.2 Å². The molecule has 0 atom stereocenters. The minimum absolute atomic E-state index is 0.0859. The number of amides is 1. The van der Waals surface area contributed by atoms with Crippen LogP contribution >= 0.6 is 0 Å². The molecule has 0 aliphatic heterocycles. The average molecular weight is 211 g/mol. The highest BCUT2D eigenvalue weighted by Gasteiger charge is 2.06. The van der Waals surface area contributed by atoms with Gasteiger partial charge >= 0.3 is 0 Å². The minimum Gasteiger partial charge on any atom is -0.365 e. The average Bonchev–Trinajstić information content (AvgIpc) is 2.18. The Hall–Kier alpha value is -1.65. The molecule has 0 unspecified atom stereocenters. The van der Waals surface area contributed by atoms with Crippen LogP contribution in [-0.2, 0) is 4.79 Å². The molecule has 0 aliphatic rings. The largest absolute Gasteiger partial charge is 0.365 e. The van der Waals surface area contributed by atoms with Crippen LogP contribution in [0.5, 0.6) is 0 Å². The number of carbonyl (C=O) groups excluding carboxylic acids is 1. The van der Waals surface area contributed by atoms with E-state index < -0.39 is 5.95 Å². The van der Waals surface area contributed by atoms with Gasteiger partial charge in [-0.05, 0) is 13.0 Å². The zero-order valence-corrected chi connectivity index (χ0v) is 8.83. The van der Waals surface area contributed by atoms with Crippen molar-refractivity contribution in [1.29, 1.82) is 0 Å². The summed E-state index contributed by atoms with van der Waals surface area (Å²) in [5.41, 5.74) is 0.633. The van der Waals surface area contributed by atoms with Crippen molar-refractivity contribution in [2.75, 3.05) is 25.0 Å². The number of carbonyl (C=O) groups is 1. The first-order valence-corrected chi connectivity index (χ1v) is 4.73. The number of pyridine rings is 1. The van der Waals surface area contributed by atoms with Crippen LogP contribution in [-0.4, -0.2) is 31.0 Å². The molecular formula is C10H14FN3O. The number of aromatic nitrogens is 1. The number of likely N-dealkylation sites (N-methyl/N-ethyl adjacent to an activating group) is 2. The molecule has 0 saturated heterocycles. The number of rotatable bonds is 4. The van der Waals surface area contributed by atoms with Gasteiger partial charge in [0.25, 0.3) is 0 Å². The Kier molecular flexibility index (Phi) is 4.03. The highest BCUT2D eigenvalue weighted by molar-refractivity contribution is 5.81. The third-order valence-electron chi connectivity index (χ3n) is 1.91. The number of hydrogen-bond donors (Lipinski definition) is 1. The standard InChI is InChI=1S/C10H14FN3O/c1-3-12-10(15)7-14(2)8-4-5-13-9(11)6-8/h4-6H,3,7H2,1-2H3,(H,12,15). The molecule has 1 aromatic rings. The molecule has 1 aromatic heterocycles. The SMILES string of the molecule is CCNC(=O)CN(C)c1ccnc(F)c1. The van der Waals surface area contributed by atoms with Crippen LogP contribution in [0.2, 0.25) is 0 Å². The lowest BCUT2D eigenvalue weighted by atomic mass is 10.3. The number of nitrogens with one attached hydrogen (secondary N) is 1. The maximum absolute atomic E-state index is 12.8. The second-order valence-electron chi connectivity index (χ2n) is 3.15. The van der Waals surface area contributed by atoms with Crippen LogP contribution in [0.15, 0.2) is 18.3 Å². The van der Waals surface area contributed by atoms with Gasteiger partial charge in [-0.25, -0.2) is 4.98 Å². The van der Waals surface area contributed by atoms with Crippen molar-refractivity contribution in [2.24, 2.45) is 0 Å². The second-order valence-corrected chi connectivity index (χ2v) is 3.15. The molecule has 0 radical (unpaired) electrons. The number of hydrogen-bond acceptors (Lipinski definition) is 3. The third-order valence-corrected chi connectivity index (χ3v) is 1.91. The summed E-state index contributed by atoms with van der Waals surface area (Å²) >= 11 is 0. The van der Waals surface area contributed by atoms with Crippen molar-refractivity contribution in [3.8, 4) is 0 Å². The summed E-state index contributed by atoms with van der Waals surface area (Å²) in [5, 5.41) is 2.67. The van der Waals surface area contributed by atoms with Crippen molar-refractivity contribution >= 4 is 11.6 Å². The number of nitrogens with zero attached hydrogens (tertiary/aromatic N) is 2. The highest BCUT2D eigenvalue weighted by Crippen LogP contribution is 2.11. The van der Waals surface area contributed by atoms with Crippen LogP contribution in [0.1, 0.15) is 6.92 Å². The summed E-state index contributed by atoms with van der Waals surface area (Å²) in [4.78, 5) is 16.4. The smallest absolute Gasteiger partial charge is 0.239 e. The quantitative estimate of drug-likeness (QED) is 0.749. The second kappa shape index (κ2) is 5.29. The molecule has 1 amide bonds. The molecule has 0 bridgehead atoms. The van der Waals surface area contributed by atoms with Crippen LogP contribution in [0.25, 0.3) is 0 Å². The van der Waals surface area contributed by atoms with E-state index in [-0.39, 0.29) is 12.5 Å². The monoisotopic (exact) mass is 211 g/mol. The van der Waals surface area contributed by atoms with Gasteiger partial charge in [-0.2, -0.15) is 4.39 Å². The molecule has 0 fully saturated rings. The van der Waals surface area contributed by atoms with Gasteiger partial charge in [-0.3, -0.25) is 4.79 Å². The Morgan fingerprint density at radius 2 is 2.40 bits per heavy atom. The Labute approximate surface area is 88.1 Å². The summed E-state index contributed by atoms with van der Waals surface area (Å²) in [6, 6.07) is 2.95. The summed E-state index contributed by atoms with van der Waals surface area (Å²) in [6.45, 7) is 2.65. The summed E-state index contributed by atoms with van der Waals surface area (Å²) in [7, 11) is 1.73. The Bertz CT molecular complexity index is 343. The predicted molar refractivity (Wildman–Crippen MR) is 56.1 cm³/mol. The fourth-order valence-electron chi connectivity index (χ4n) is 1.19. The van der Waals surface area contributed by atoms with Crippen molar-refractivity contribution in [1.82, 2.24) is 10.3 Å². The Morgan fingerprint density at radius 3 is 3.00 bits per heavy atom. The molecule has 0 saturated carbocycles. The van der Waals surface area contributed by atoms with Gasteiger partial charge in [0, 0.05) is 31.5 Å². The first kappa shape index (κ1) is 11.4. The first-order chi connectivity index (χ1) is 7.13. The predicted octanol–water partition coefficient (Wildman–Crippen LogP) is 0.793. The van der Waals surface area contributed by atoms with E-state index in [1.165, 1.54) is 12.3 Å². The van der Waals surface area contributed by atoms with Gasteiger partial charge in [0.1, 0.15) is 0 Å². The van der Waals surface area contributed by atoms with Gasteiger partial charge in [0.2, 0.25) is 11.9 Å². The number of halogens is 1. The van der Waals surface area contributed by atoms with E-state index in [9.17, 15) is 9.18 Å². The zero-order chi connectivity index (χ0) is 11.3. The first-order valence-electron chi connectivity index (χ1n) is 4.73. The van der Waals surface area contributed by atoms with Crippen LogP contribution in [0.4, 0.5) is 10.1 Å². The molecule has 0 spiro atoms. The van der Waals surface area contributed by atoms with Crippen LogP contribution in [0.3, 0.4) is 0 Å². The van der Waals surface area contributed by atoms with E-state index in [1.807, 2.05) is 6.92 Å². The number of anilines is 1. The maximum Gasteiger partial charge on any atom is 0.239 e.